The number of guanidine groups is 1. The first kappa shape index (κ1) is 26.2. The lowest BCUT2D eigenvalue weighted by atomic mass is 9.64. The van der Waals surface area contributed by atoms with Gasteiger partial charge in [-0.25, -0.2) is 0 Å². The van der Waals surface area contributed by atoms with Crippen molar-refractivity contribution in [3.8, 4) is 0 Å². The molecule has 0 spiro atoms. The number of likely N-dealkylation sites (tertiary alicyclic amines) is 1. The molecule has 0 aromatic heterocycles. The lowest BCUT2D eigenvalue weighted by molar-refractivity contribution is -0.137. The van der Waals surface area contributed by atoms with Gasteiger partial charge in [-0.2, -0.15) is 13.2 Å². The second kappa shape index (κ2) is 11.7. The van der Waals surface area contributed by atoms with Crippen molar-refractivity contribution in [2.75, 3.05) is 46.9 Å². The average molecular weight is 554 g/mol. The standard InChI is InChI=1S/C22H33F3N4O.HI/c1-26-20(28-19-7-11-29(12-8-19)13-14-30-2)27-16-21(9-4-10-21)17-5-3-6-18(15-17)22(23,24)25;/h3,5-6,15,19H,4,7-14,16H2,1-2H3,(H2,26,27,28);1H. The summed E-state index contributed by atoms with van der Waals surface area (Å²) < 4.78 is 44.6. The number of nitrogens with zero attached hydrogens (tertiary/aromatic N) is 2. The van der Waals surface area contributed by atoms with E-state index in [-0.39, 0.29) is 29.4 Å². The molecule has 1 heterocycles. The van der Waals surface area contributed by atoms with Crippen LogP contribution in [0.5, 0.6) is 0 Å². The van der Waals surface area contributed by atoms with E-state index in [9.17, 15) is 13.2 Å². The molecule has 1 aliphatic heterocycles. The van der Waals surface area contributed by atoms with Gasteiger partial charge in [-0.05, 0) is 37.3 Å². The molecule has 0 atom stereocenters. The number of hydrogen-bond acceptors (Lipinski definition) is 3. The molecule has 1 aliphatic carbocycles. The molecule has 176 valence electrons. The van der Waals surface area contributed by atoms with Gasteiger partial charge < -0.3 is 20.3 Å². The van der Waals surface area contributed by atoms with E-state index < -0.39 is 11.7 Å². The van der Waals surface area contributed by atoms with Crippen LogP contribution in [0.3, 0.4) is 0 Å². The number of nitrogens with one attached hydrogen (secondary N) is 2. The van der Waals surface area contributed by atoms with Crippen LogP contribution in [0.4, 0.5) is 13.2 Å². The Kier molecular flexibility index (Phi) is 9.88. The second-order valence-electron chi connectivity index (χ2n) is 8.39. The number of ether oxygens (including phenoxy) is 1. The van der Waals surface area contributed by atoms with E-state index in [1.54, 1.807) is 14.2 Å². The predicted molar refractivity (Wildman–Crippen MR) is 128 cm³/mol. The maximum absolute atomic E-state index is 13.1. The van der Waals surface area contributed by atoms with Crippen molar-refractivity contribution in [2.45, 2.75) is 49.7 Å². The summed E-state index contributed by atoms with van der Waals surface area (Å²) >= 11 is 0. The van der Waals surface area contributed by atoms with Crippen LogP contribution in [0.15, 0.2) is 29.3 Å². The summed E-state index contributed by atoms with van der Waals surface area (Å²) in [6.45, 7) is 4.33. The van der Waals surface area contributed by atoms with Crippen LogP contribution in [-0.2, 0) is 16.3 Å². The third-order valence-corrected chi connectivity index (χ3v) is 6.47. The molecule has 1 saturated carbocycles. The molecule has 9 heteroatoms. The Bertz CT molecular complexity index is 717. The maximum atomic E-state index is 13.1. The molecule has 0 bridgehead atoms. The molecule has 5 nitrogen and oxygen atoms in total. The predicted octanol–water partition coefficient (Wildman–Crippen LogP) is 4.02. The van der Waals surface area contributed by atoms with Crippen LogP contribution >= 0.6 is 24.0 Å². The SMILES string of the molecule is CN=C(NCC1(c2cccc(C(F)(F)F)c2)CCC1)NC1CCN(CCOC)CC1.I. The summed E-state index contributed by atoms with van der Waals surface area (Å²) in [6, 6.07) is 6.14. The van der Waals surface area contributed by atoms with E-state index in [0.29, 0.717) is 12.6 Å². The minimum Gasteiger partial charge on any atom is -0.383 e. The number of halogens is 4. The fourth-order valence-electron chi connectivity index (χ4n) is 4.36. The number of piperidine rings is 1. The highest BCUT2D eigenvalue weighted by molar-refractivity contribution is 14.0. The number of methoxy groups -OCH3 is 1. The van der Waals surface area contributed by atoms with Crippen molar-refractivity contribution < 1.29 is 17.9 Å². The average Bonchev–Trinajstić information content (AvgIpc) is 2.71. The summed E-state index contributed by atoms with van der Waals surface area (Å²) in [6.07, 6.45) is 0.548. The van der Waals surface area contributed by atoms with Gasteiger partial charge in [-0.3, -0.25) is 4.99 Å². The van der Waals surface area contributed by atoms with Gasteiger partial charge in [0.15, 0.2) is 5.96 Å². The van der Waals surface area contributed by atoms with Crippen molar-refractivity contribution in [1.29, 1.82) is 0 Å². The van der Waals surface area contributed by atoms with Crippen LogP contribution < -0.4 is 10.6 Å². The summed E-state index contributed by atoms with van der Waals surface area (Å²) in [5.74, 6) is 0.726. The highest BCUT2D eigenvalue weighted by Gasteiger charge is 2.40. The first-order chi connectivity index (χ1) is 14.4. The molecule has 1 aromatic rings. The fraction of sp³-hybridized carbons (Fsp3) is 0.682. The Labute approximate surface area is 200 Å². The molecule has 2 fully saturated rings. The van der Waals surface area contributed by atoms with E-state index in [1.807, 2.05) is 6.07 Å². The lowest BCUT2D eigenvalue weighted by Crippen LogP contribution is -2.52. The van der Waals surface area contributed by atoms with Gasteiger partial charge in [0, 0.05) is 51.8 Å². The zero-order valence-electron chi connectivity index (χ0n) is 18.3. The number of alkyl halides is 3. The Morgan fingerprint density at radius 3 is 2.52 bits per heavy atom. The number of benzene rings is 1. The molecule has 2 aliphatic rings. The van der Waals surface area contributed by atoms with Gasteiger partial charge in [-0.1, -0.05) is 24.6 Å². The van der Waals surface area contributed by atoms with E-state index in [1.165, 1.54) is 12.1 Å². The van der Waals surface area contributed by atoms with Gasteiger partial charge in [0.05, 0.1) is 12.2 Å². The van der Waals surface area contributed by atoms with Gasteiger partial charge in [0.1, 0.15) is 0 Å². The number of rotatable bonds is 7. The second-order valence-corrected chi connectivity index (χ2v) is 8.39. The molecule has 1 aromatic carbocycles. The molecule has 0 radical (unpaired) electrons. The Hall–Kier alpha value is -1.07. The normalized spacial score (nSPS) is 20.0. The van der Waals surface area contributed by atoms with Crippen LogP contribution in [0, 0.1) is 0 Å². The van der Waals surface area contributed by atoms with Crippen molar-refractivity contribution >= 4 is 29.9 Å². The van der Waals surface area contributed by atoms with Crippen LogP contribution in [0.2, 0.25) is 0 Å². The van der Waals surface area contributed by atoms with Crippen molar-refractivity contribution in [3.63, 3.8) is 0 Å². The highest BCUT2D eigenvalue weighted by Crippen LogP contribution is 2.44. The molecule has 2 N–H and O–H groups in total. The van der Waals surface area contributed by atoms with Gasteiger partial charge in [0.2, 0.25) is 0 Å². The minimum absolute atomic E-state index is 0. The summed E-state index contributed by atoms with van der Waals surface area (Å²) in [7, 11) is 3.46. The Balaban J connectivity index is 0.00000341. The fourth-order valence-corrected chi connectivity index (χ4v) is 4.36. The first-order valence-corrected chi connectivity index (χ1v) is 10.7. The third-order valence-electron chi connectivity index (χ3n) is 6.47. The maximum Gasteiger partial charge on any atom is 0.416 e. The smallest absolute Gasteiger partial charge is 0.383 e. The van der Waals surface area contributed by atoms with E-state index in [4.69, 9.17) is 4.74 Å². The van der Waals surface area contributed by atoms with Crippen LogP contribution in [0.1, 0.15) is 43.2 Å². The van der Waals surface area contributed by atoms with Gasteiger partial charge in [-0.15, -0.1) is 24.0 Å². The molecule has 3 rings (SSSR count). The van der Waals surface area contributed by atoms with Gasteiger partial charge in [0.25, 0.3) is 0 Å². The number of aliphatic imine (C=N–C) groups is 1. The van der Waals surface area contributed by atoms with Crippen molar-refractivity contribution in [3.05, 3.63) is 35.4 Å². The lowest BCUT2D eigenvalue weighted by Gasteiger charge is -2.43. The van der Waals surface area contributed by atoms with E-state index in [2.05, 4.69) is 20.5 Å². The molecule has 0 unspecified atom stereocenters. The zero-order valence-corrected chi connectivity index (χ0v) is 20.6. The Morgan fingerprint density at radius 1 is 1.26 bits per heavy atom. The minimum atomic E-state index is -4.32. The van der Waals surface area contributed by atoms with E-state index in [0.717, 1.165) is 75.9 Å². The monoisotopic (exact) mass is 554 g/mol. The highest BCUT2D eigenvalue weighted by atomic mass is 127. The molecule has 31 heavy (non-hydrogen) atoms. The largest absolute Gasteiger partial charge is 0.416 e. The van der Waals surface area contributed by atoms with Crippen LogP contribution in [0.25, 0.3) is 0 Å². The molecule has 1 saturated heterocycles. The first-order valence-electron chi connectivity index (χ1n) is 10.7. The van der Waals surface area contributed by atoms with Gasteiger partial charge >= 0.3 is 6.18 Å². The zero-order chi connectivity index (χ0) is 21.6. The van der Waals surface area contributed by atoms with Crippen molar-refractivity contribution in [2.24, 2.45) is 4.99 Å². The summed E-state index contributed by atoms with van der Waals surface area (Å²) in [5.41, 5.74) is -0.0745. The van der Waals surface area contributed by atoms with Crippen LogP contribution in [-0.4, -0.2) is 63.8 Å². The summed E-state index contributed by atoms with van der Waals surface area (Å²) in [5, 5.41) is 6.88. The third kappa shape index (κ3) is 6.95. The topological polar surface area (TPSA) is 48.9 Å². The quantitative estimate of drug-likeness (QED) is 0.304. The number of hydrogen-bond donors (Lipinski definition) is 2. The summed E-state index contributed by atoms with van der Waals surface area (Å²) in [4.78, 5) is 6.74. The molecule has 0 amide bonds. The molecular weight excluding hydrogens is 520 g/mol. The molecular formula is C22H34F3IN4O. The Morgan fingerprint density at radius 2 is 1.97 bits per heavy atom. The van der Waals surface area contributed by atoms with Crippen molar-refractivity contribution in [1.82, 2.24) is 15.5 Å². The van der Waals surface area contributed by atoms with E-state index >= 15 is 0 Å².